The Morgan fingerprint density at radius 3 is 3.31 bits per heavy atom. The van der Waals surface area contributed by atoms with Crippen molar-refractivity contribution in [1.82, 2.24) is 10.3 Å². The van der Waals surface area contributed by atoms with Gasteiger partial charge in [-0.05, 0) is 37.9 Å². The highest BCUT2D eigenvalue weighted by molar-refractivity contribution is 5.29. The van der Waals surface area contributed by atoms with Crippen molar-refractivity contribution < 1.29 is 4.74 Å². The second-order valence-corrected chi connectivity index (χ2v) is 3.98. The molecule has 84 valence electrons. The summed E-state index contributed by atoms with van der Waals surface area (Å²) in [6.07, 6.45) is 3.91. The van der Waals surface area contributed by atoms with Crippen molar-refractivity contribution in [2.75, 3.05) is 19.7 Å². The van der Waals surface area contributed by atoms with Crippen LogP contribution in [0.2, 0.25) is 0 Å². The summed E-state index contributed by atoms with van der Waals surface area (Å²) >= 11 is 0. The second kappa shape index (κ2) is 5.47. The number of hydrogen-bond donors (Lipinski definition) is 1. The molecule has 4 nitrogen and oxygen atoms in total. The smallest absolute Gasteiger partial charge is 0.144 e. The van der Waals surface area contributed by atoms with E-state index in [1.54, 1.807) is 18.3 Å². The zero-order valence-electron chi connectivity index (χ0n) is 9.15. The largest absolute Gasteiger partial charge is 0.493 e. The van der Waals surface area contributed by atoms with Gasteiger partial charge in [-0.25, -0.2) is 4.98 Å². The molecular weight excluding hydrogens is 202 g/mol. The Bertz CT molecular complexity index is 380. The highest BCUT2D eigenvalue weighted by Gasteiger charge is 2.13. The van der Waals surface area contributed by atoms with Gasteiger partial charge in [-0.1, -0.05) is 0 Å². The molecule has 0 saturated carbocycles. The number of rotatable bonds is 4. The molecule has 1 aromatic rings. The van der Waals surface area contributed by atoms with Crippen LogP contribution < -0.4 is 10.1 Å². The van der Waals surface area contributed by atoms with E-state index in [0.29, 0.717) is 12.3 Å². The summed E-state index contributed by atoms with van der Waals surface area (Å²) in [6.45, 7) is 2.93. The Morgan fingerprint density at radius 2 is 2.56 bits per heavy atom. The van der Waals surface area contributed by atoms with Crippen molar-refractivity contribution in [3.8, 4) is 11.8 Å². The van der Waals surface area contributed by atoms with Crippen molar-refractivity contribution in [1.29, 1.82) is 5.26 Å². The molecule has 2 heterocycles. The minimum atomic E-state index is 0.403. The van der Waals surface area contributed by atoms with Crippen LogP contribution in [0, 0.1) is 17.2 Å². The van der Waals surface area contributed by atoms with E-state index in [2.05, 4.69) is 10.3 Å². The molecule has 0 aromatic carbocycles. The molecule has 1 aromatic heterocycles. The average molecular weight is 217 g/mol. The van der Waals surface area contributed by atoms with Crippen LogP contribution in [0.4, 0.5) is 0 Å². The Balaban J connectivity index is 1.78. The first-order valence-corrected chi connectivity index (χ1v) is 5.58. The molecular formula is C12H15N3O. The number of nitriles is 1. The van der Waals surface area contributed by atoms with E-state index in [1.165, 1.54) is 6.42 Å². The first kappa shape index (κ1) is 10.9. The molecule has 4 heteroatoms. The Morgan fingerprint density at radius 1 is 1.62 bits per heavy atom. The summed E-state index contributed by atoms with van der Waals surface area (Å²) in [5, 5.41) is 12.0. The number of aromatic nitrogens is 1. The minimum Gasteiger partial charge on any atom is -0.493 e. The Labute approximate surface area is 95.3 Å². The first-order valence-electron chi connectivity index (χ1n) is 5.58. The fourth-order valence-electron chi connectivity index (χ4n) is 1.87. The average Bonchev–Trinajstić information content (AvgIpc) is 2.82. The van der Waals surface area contributed by atoms with Crippen molar-refractivity contribution in [3.63, 3.8) is 0 Å². The SMILES string of the molecule is N#Cc1cc(OCCC2CCNC2)ccn1. The summed E-state index contributed by atoms with van der Waals surface area (Å²) in [6, 6.07) is 5.46. The van der Waals surface area contributed by atoms with Crippen LogP contribution in [0.5, 0.6) is 5.75 Å². The molecule has 1 saturated heterocycles. The van der Waals surface area contributed by atoms with Gasteiger partial charge in [-0.2, -0.15) is 5.26 Å². The molecule has 0 aliphatic carbocycles. The molecule has 16 heavy (non-hydrogen) atoms. The van der Waals surface area contributed by atoms with Crippen molar-refractivity contribution >= 4 is 0 Å². The van der Waals surface area contributed by atoms with Gasteiger partial charge in [0.05, 0.1) is 6.61 Å². The molecule has 2 rings (SSSR count). The molecule has 1 atom stereocenters. The van der Waals surface area contributed by atoms with E-state index in [0.717, 1.165) is 31.2 Å². The summed E-state index contributed by atoms with van der Waals surface area (Å²) < 4.78 is 5.59. The predicted octanol–water partition coefficient (Wildman–Crippen LogP) is 1.33. The zero-order valence-corrected chi connectivity index (χ0v) is 9.15. The standard InChI is InChI=1S/C12H15N3O/c13-8-11-7-12(2-5-15-11)16-6-3-10-1-4-14-9-10/h2,5,7,10,14H,1,3-4,6,9H2. The first-order chi connectivity index (χ1) is 7.88. The molecule has 1 aliphatic heterocycles. The number of pyridine rings is 1. The third-order valence-electron chi connectivity index (χ3n) is 2.80. The van der Waals surface area contributed by atoms with Crippen molar-refractivity contribution in [2.24, 2.45) is 5.92 Å². The van der Waals surface area contributed by atoms with Gasteiger partial charge in [-0.3, -0.25) is 0 Å². The van der Waals surface area contributed by atoms with E-state index in [1.807, 2.05) is 6.07 Å². The predicted molar refractivity (Wildman–Crippen MR) is 60.0 cm³/mol. The van der Waals surface area contributed by atoms with Crippen molar-refractivity contribution in [3.05, 3.63) is 24.0 Å². The normalized spacial score (nSPS) is 19.3. The van der Waals surface area contributed by atoms with E-state index in [4.69, 9.17) is 10.00 Å². The van der Waals surface area contributed by atoms with Gasteiger partial charge in [-0.15, -0.1) is 0 Å². The molecule has 1 unspecified atom stereocenters. The van der Waals surface area contributed by atoms with Crippen LogP contribution >= 0.6 is 0 Å². The number of ether oxygens (including phenoxy) is 1. The molecule has 0 amide bonds. The van der Waals surface area contributed by atoms with Gasteiger partial charge in [0.2, 0.25) is 0 Å². The number of nitrogens with one attached hydrogen (secondary N) is 1. The lowest BCUT2D eigenvalue weighted by Crippen LogP contribution is -2.11. The zero-order chi connectivity index (χ0) is 11.2. The molecule has 1 aliphatic rings. The lowest BCUT2D eigenvalue weighted by atomic mass is 10.1. The highest BCUT2D eigenvalue weighted by Crippen LogP contribution is 2.15. The maximum atomic E-state index is 8.68. The fourth-order valence-corrected chi connectivity index (χ4v) is 1.87. The van der Waals surface area contributed by atoms with E-state index >= 15 is 0 Å². The van der Waals surface area contributed by atoms with Crippen LogP contribution in [0.25, 0.3) is 0 Å². The van der Waals surface area contributed by atoms with Gasteiger partial charge >= 0.3 is 0 Å². The Kier molecular flexibility index (Phi) is 3.73. The Hall–Kier alpha value is -1.60. The minimum absolute atomic E-state index is 0.403. The molecule has 1 fully saturated rings. The molecule has 0 radical (unpaired) electrons. The van der Waals surface area contributed by atoms with E-state index in [9.17, 15) is 0 Å². The summed E-state index contributed by atoms with van der Waals surface area (Å²) in [4.78, 5) is 3.89. The van der Waals surface area contributed by atoms with Crippen LogP contribution in [-0.2, 0) is 0 Å². The second-order valence-electron chi connectivity index (χ2n) is 3.98. The maximum absolute atomic E-state index is 8.68. The summed E-state index contributed by atoms with van der Waals surface area (Å²) in [5.41, 5.74) is 0.403. The molecule has 0 spiro atoms. The number of hydrogen-bond acceptors (Lipinski definition) is 4. The lowest BCUT2D eigenvalue weighted by molar-refractivity contribution is 0.283. The van der Waals surface area contributed by atoms with Crippen LogP contribution in [0.1, 0.15) is 18.5 Å². The van der Waals surface area contributed by atoms with Crippen molar-refractivity contribution in [2.45, 2.75) is 12.8 Å². The third kappa shape index (κ3) is 2.94. The molecule has 0 bridgehead atoms. The van der Waals surface area contributed by atoms with Crippen LogP contribution in [0.3, 0.4) is 0 Å². The topological polar surface area (TPSA) is 57.9 Å². The quantitative estimate of drug-likeness (QED) is 0.826. The monoisotopic (exact) mass is 217 g/mol. The van der Waals surface area contributed by atoms with E-state index in [-0.39, 0.29) is 0 Å². The van der Waals surface area contributed by atoms with Gasteiger partial charge in [0.15, 0.2) is 0 Å². The van der Waals surface area contributed by atoms with Gasteiger partial charge in [0.1, 0.15) is 17.5 Å². The van der Waals surface area contributed by atoms with Crippen LogP contribution in [0.15, 0.2) is 18.3 Å². The summed E-state index contributed by atoms with van der Waals surface area (Å²) in [7, 11) is 0. The number of nitrogens with zero attached hydrogens (tertiary/aromatic N) is 2. The molecule has 1 N–H and O–H groups in total. The van der Waals surface area contributed by atoms with Gasteiger partial charge < -0.3 is 10.1 Å². The van der Waals surface area contributed by atoms with E-state index < -0.39 is 0 Å². The third-order valence-corrected chi connectivity index (χ3v) is 2.80. The maximum Gasteiger partial charge on any atom is 0.144 e. The lowest BCUT2D eigenvalue weighted by Gasteiger charge is -2.09. The summed E-state index contributed by atoms with van der Waals surface area (Å²) in [5.74, 6) is 1.47. The van der Waals surface area contributed by atoms with Gasteiger partial charge in [0, 0.05) is 12.3 Å². The van der Waals surface area contributed by atoms with Crippen LogP contribution in [-0.4, -0.2) is 24.7 Å². The highest BCUT2D eigenvalue weighted by atomic mass is 16.5. The van der Waals surface area contributed by atoms with Gasteiger partial charge in [0.25, 0.3) is 0 Å². The fraction of sp³-hybridized carbons (Fsp3) is 0.500.